The van der Waals surface area contributed by atoms with Gasteiger partial charge in [0.05, 0.1) is 15.8 Å². The molecule has 0 fully saturated rings. The lowest BCUT2D eigenvalue weighted by atomic mass is 10.3. The molecule has 7 nitrogen and oxygen atoms in total. The number of carbonyl (C=O) groups excluding carboxylic acids is 1. The molecule has 0 aliphatic carbocycles. The van der Waals surface area contributed by atoms with Crippen LogP contribution in [0.25, 0.3) is 10.7 Å². The summed E-state index contributed by atoms with van der Waals surface area (Å²) >= 11 is 2.91. The summed E-state index contributed by atoms with van der Waals surface area (Å²) in [5, 5.41) is 17.5. The molecule has 3 aromatic heterocycles. The highest BCUT2D eigenvalue weighted by Gasteiger charge is 2.16. The Labute approximate surface area is 128 Å². The predicted octanol–water partition coefficient (Wildman–Crippen LogP) is 2.18. The number of hydrogen-bond acceptors (Lipinski definition) is 7. The number of aryl methyl sites for hydroxylation is 1. The third kappa shape index (κ3) is 2.98. The van der Waals surface area contributed by atoms with Crippen LogP contribution in [0.1, 0.15) is 32.5 Å². The van der Waals surface area contributed by atoms with Crippen molar-refractivity contribution in [1.82, 2.24) is 30.9 Å². The number of rotatable bonds is 4. The molecule has 21 heavy (non-hydrogen) atoms. The first-order valence-corrected chi connectivity index (χ1v) is 7.83. The van der Waals surface area contributed by atoms with Crippen LogP contribution in [-0.4, -0.2) is 31.5 Å². The number of hydrogen-bond donors (Lipinski definition) is 2. The van der Waals surface area contributed by atoms with Crippen LogP contribution in [0, 0.1) is 6.92 Å². The number of nitrogens with zero attached hydrogens (tertiary/aromatic N) is 4. The van der Waals surface area contributed by atoms with Crippen LogP contribution in [0.15, 0.2) is 18.3 Å². The van der Waals surface area contributed by atoms with E-state index in [1.165, 1.54) is 11.3 Å². The summed E-state index contributed by atoms with van der Waals surface area (Å²) < 4.78 is 0. The second kappa shape index (κ2) is 5.70. The standard InChI is InChI=1S/C12H12N6OS2/c1-6-5-13-12(20-6)7(2)14-11(19)9-4-3-8(21-9)10-15-17-18-16-10/h3-5,7H,1-2H3,(H,14,19)(H,15,16,17,18). The molecule has 1 unspecified atom stereocenters. The normalized spacial score (nSPS) is 12.3. The topological polar surface area (TPSA) is 96.5 Å². The van der Waals surface area contributed by atoms with Crippen molar-refractivity contribution in [2.75, 3.05) is 0 Å². The number of nitrogens with one attached hydrogen (secondary N) is 2. The number of aromatic amines is 1. The van der Waals surface area contributed by atoms with Crippen molar-refractivity contribution in [3.05, 3.63) is 33.1 Å². The van der Waals surface area contributed by atoms with Gasteiger partial charge in [-0.25, -0.2) is 4.98 Å². The lowest BCUT2D eigenvalue weighted by Gasteiger charge is -2.09. The van der Waals surface area contributed by atoms with Gasteiger partial charge in [-0.15, -0.1) is 32.9 Å². The molecule has 3 rings (SSSR count). The van der Waals surface area contributed by atoms with Crippen LogP contribution in [0.5, 0.6) is 0 Å². The van der Waals surface area contributed by atoms with Gasteiger partial charge in [0, 0.05) is 11.1 Å². The highest BCUT2D eigenvalue weighted by Crippen LogP contribution is 2.25. The minimum absolute atomic E-state index is 0.119. The van der Waals surface area contributed by atoms with Crippen molar-refractivity contribution < 1.29 is 4.79 Å². The van der Waals surface area contributed by atoms with Gasteiger partial charge in [0.1, 0.15) is 5.01 Å². The maximum atomic E-state index is 12.2. The molecule has 0 aromatic carbocycles. The average molecular weight is 320 g/mol. The summed E-state index contributed by atoms with van der Waals surface area (Å²) in [6.07, 6.45) is 1.81. The van der Waals surface area contributed by atoms with Crippen molar-refractivity contribution in [2.45, 2.75) is 19.9 Å². The Hall–Kier alpha value is -2.13. The number of carbonyl (C=O) groups is 1. The first-order chi connectivity index (χ1) is 10.1. The van der Waals surface area contributed by atoms with Crippen LogP contribution in [-0.2, 0) is 0 Å². The molecule has 2 N–H and O–H groups in total. The molecule has 0 saturated heterocycles. The van der Waals surface area contributed by atoms with Gasteiger partial charge in [-0.1, -0.05) is 0 Å². The van der Waals surface area contributed by atoms with E-state index < -0.39 is 0 Å². The van der Waals surface area contributed by atoms with Crippen molar-refractivity contribution in [3.63, 3.8) is 0 Å². The predicted molar refractivity (Wildman–Crippen MR) is 80.2 cm³/mol. The Kier molecular flexibility index (Phi) is 3.76. The molecule has 0 saturated carbocycles. The number of aromatic nitrogens is 5. The largest absolute Gasteiger partial charge is 0.342 e. The Morgan fingerprint density at radius 2 is 2.24 bits per heavy atom. The number of thiophene rings is 1. The second-order valence-electron chi connectivity index (χ2n) is 4.40. The van der Waals surface area contributed by atoms with Gasteiger partial charge in [-0.3, -0.25) is 4.79 Å². The zero-order valence-electron chi connectivity index (χ0n) is 11.3. The van der Waals surface area contributed by atoms with Crippen LogP contribution in [0.3, 0.4) is 0 Å². The monoisotopic (exact) mass is 320 g/mol. The Balaban J connectivity index is 1.71. The number of amides is 1. The fourth-order valence-electron chi connectivity index (χ4n) is 1.75. The molecular formula is C12H12N6OS2. The van der Waals surface area contributed by atoms with E-state index in [1.807, 2.05) is 26.1 Å². The highest BCUT2D eigenvalue weighted by atomic mass is 32.1. The first-order valence-electron chi connectivity index (χ1n) is 6.20. The highest BCUT2D eigenvalue weighted by molar-refractivity contribution is 7.17. The van der Waals surface area contributed by atoms with E-state index in [-0.39, 0.29) is 11.9 Å². The fourth-order valence-corrected chi connectivity index (χ4v) is 3.36. The third-order valence-corrected chi connectivity index (χ3v) is 4.93. The minimum Gasteiger partial charge on any atom is -0.342 e. The zero-order chi connectivity index (χ0) is 14.8. The Morgan fingerprint density at radius 1 is 1.38 bits per heavy atom. The van der Waals surface area contributed by atoms with Gasteiger partial charge in [-0.2, -0.15) is 5.21 Å². The summed E-state index contributed by atoms with van der Waals surface area (Å²) in [6, 6.07) is 3.45. The molecule has 0 aliphatic rings. The van der Waals surface area contributed by atoms with Gasteiger partial charge in [0.2, 0.25) is 5.82 Å². The van der Waals surface area contributed by atoms with Crippen LogP contribution >= 0.6 is 22.7 Å². The molecular weight excluding hydrogens is 308 g/mol. The molecule has 9 heteroatoms. The lowest BCUT2D eigenvalue weighted by molar-refractivity contribution is 0.0944. The molecule has 1 amide bonds. The van der Waals surface area contributed by atoms with Gasteiger partial charge in [0.25, 0.3) is 5.91 Å². The van der Waals surface area contributed by atoms with E-state index in [0.29, 0.717) is 10.7 Å². The molecule has 3 heterocycles. The number of tetrazole rings is 1. The molecule has 108 valence electrons. The minimum atomic E-state index is -0.130. The molecule has 0 spiro atoms. The molecule has 1 atom stereocenters. The summed E-state index contributed by atoms with van der Waals surface area (Å²) in [5.41, 5.74) is 0. The van der Waals surface area contributed by atoms with Crippen LogP contribution in [0.2, 0.25) is 0 Å². The SMILES string of the molecule is Cc1cnc(C(C)NC(=O)c2ccc(-c3nn[nH]n3)s2)s1. The van der Waals surface area contributed by atoms with Crippen molar-refractivity contribution in [1.29, 1.82) is 0 Å². The van der Waals surface area contributed by atoms with Crippen LogP contribution < -0.4 is 5.32 Å². The number of thiazole rings is 1. The smallest absolute Gasteiger partial charge is 0.261 e. The van der Waals surface area contributed by atoms with E-state index in [2.05, 4.69) is 30.9 Å². The Morgan fingerprint density at radius 3 is 2.90 bits per heavy atom. The van der Waals surface area contributed by atoms with Crippen molar-refractivity contribution in [3.8, 4) is 10.7 Å². The van der Waals surface area contributed by atoms with E-state index >= 15 is 0 Å². The zero-order valence-corrected chi connectivity index (χ0v) is 13.0. The van der Waals surface area contributed by atoms with E-state index in [9.17, 15) is 4.79 Å². The van der Waals surface area contributed by atoms with Crippen molar-refractivity contribution in [2.24, 2.45) is 0 Å². The quantitative estimate of drug-likeness (QED) is 0.768. The van der Waals surface area contributed by atoms with Gasteiger partial charge >= 0.3 is 0 Å². The van der Waals surface area contributed by atoms with E-state index in [1.54, 1.807) is 17.4 Å². The number of H-pyrrole nitrogens is 1. The fraction of sp³-hybridized carbons (Fsp3) is 0.250. The lowest BCUT2D eigenvalue weighted by Crippen LogP contribution is -2.25. The molecule has 0 radical (unpaired) electrons. The Bertz CT molecular complexity index is 747. The van der Waals surface area contributed by atoms with E-state index in [0.717, 1.165) is 14.8 Å². The summed E-state index contributed by atoms with van der Waals surface area (Å²) in [5.74, 6) is 0.359. The van der Waals surface area contributed by atoms with Gasteiger partial charge in [0.15, 0.2) is 0 Å². The van der Waals surface area contributed by atoms with E-state index in [4.69, 9.17) is 0 Å². The summed E-state index contributed by atoms with van der Waals surface area (Å²) in [6.45, 7) is 3.91. The average Bonchev–Trinajstić information content (AvgIpc) is 3.19. The summed E-state index contributed by atoms with van der Waals surface area (Å²) in [7, 11) is 0. The van der Waals surface area contributed by atoms with Gasteiger partial charge in [-0.05, 0) is 31.2 Å². The molecule has 0 aliphatic heterocycles. The first kappa shape index (κ1) is 13.8. The van der Waals surface area contributed by atoms with Crippen molar-refractivity contribution >= 4 is 28.6 Å². The molecule has 3 aromatic rings. The van der Waals surface area contributed by atoms with Crippen LogP contribution in [0.4, 0.5) is 0 Å². The van der Waals surface area contributed by atoms with Gasteiger partial charge < -0.3 is 5.32 Å². The molecule has 0 bridgehead atoms. The second-order valence-corrected chi connectivity index (χ2v) is 6.75. The third-order valence-electron chi connectivity index (χ3n) is 2.75. The summed E-state index contributed by atoms with van der Waals surface area (Å²) in [4.78, 5) is 19.0. The maximum absolute atomic E-state index is 12.2. The maximum Gasteiger partial charge on any atom is 0.261 e.